The van der Waals surface area contributed by atoms with Gasteiger partial charge in [0, 0.05) is 19.6 Å². The van der Waals surface area contributed by atoms with Crippen LogP contribution in [0.1, 0.15) is 38.1 Å². The van der Waals surface area contributed by atoms with Crippen LogP contribution in [0.4, 0.5) is 4.39 Å². The van der Waals surface area contributed by atoms with Crippen molar-refractivity contribution in [1.82, 2.24) is 9.62 Å². The van der Waals surface area contributed by atoms with Crippen molar-refractivity contribution in [2.75, 3.05) is 26.2 Å². The number of esters is 1. The summed E-state index contributed by atoms with van der Waals surface area (Å²) in [6.07, 6.45) is 0. The van der Waals surface area contributed by atoms with Crippen LogP contribution in [0.5, 0.6) is 0 Å². The number of ether oxygens (including phenoxy) is 1. The Balaban J connectivity index is 2.93. The zero-order chi connectivity index (χ0) is 19.9. The molecule has 0 saturated carbocycles. The number of rotatable bonds is 9. The molecule has 0 saturated heterocycles. The van der Waals surface area contributed by atoms with Crippen molar-refractivity contribution < 1.29 is 27.1 Å². The highest BCUT2D eigenvalue weighted by Crippen LogP contribution is 2.19. The van der Waals surface area contributed by atoms with Crippen LogP contribution in [0.15, 0.2) is 23.1 Å². The highest BCUT2D eigenvalue weighted by molar-refractivity contribution is 7.89. The molecule has 0 unspecified atom stereocenters. The van der Waals surface area contributed by atoms with Gasteiger partial charge < -0.3 is 10.1 Å². The van der Waals surface area contributed by atoms with Crippen LogP contribution in [-0.4, -0.2) is 50.8 Å². The number of hydrogen-bond acceptors (Lipinski definition) is 5. The molecule has 9 heteroatoms. The fraction of sp³-hybridized carbons (Fsp3) is 0.529. The zero-order valence-corrected chi connectivity index (χ0v) is 16.2. The summed E-state index contributed by atoms with van der Waals surface area (Å²) >= 11 is 0. The Bertz CT molecular complexity index is 746. The third kappa shape index (κ3) is 5.77. The number of amides is 1. The van der Waals surface area contributed by atoms with Gasteiger partial charge >= 0.3 is 5.97 Å². The van der Waals surface area contributed by atoms with Crippen molar-refractivity contribution in [1.29, 1.82) is 0 Å². The number of halogens is 1. The lowest BCUT2D eigenvalue weighted by Gasteiger charge is -2.18. The van der Waals surface area contributed by atoms with E-state index in [-0.39, 0.29) is 23.9 Å². The Morgan fingerprint density at radius 1 is 1.23 bits per heavy atom. The Morgan fingerprint density at radius 3 is 2.38 bits per heavy atom. The summed E-state index contributed by atoms with van der Waals surface area (Å²) in [4.78, 5) is 23.4. The molecule has 0 aromatic heterocycles. The first-order chi connectivity index (χ1) is 12.1. The van der Waals surface area contributed by atoms with Crippen LogP contribution in [-0.2, 0) is 19.6 Å². The van der Waals surface area contributed by atoms with Gasteiger partial charge in [0.15, 0.2) is 6.61 Å². The van der Waals surface area contributed by atoms with Crippen LogP contribution >= 0.6 is 0 Å². The molecule has 26 heavy (non-hydrogen) atoms. The average Bonchev–Trinajstić information content (AvgIpc) is 2.58. The number of nitrogens with zero attached hydrogens (tertiary/aromatic N) is 1. The van der Waals surface area contributed by atoms with Gasteiger partial charge in [-0.3, -0.25) is 4.79 Å². The molecule has 1 aromatic rings. The standard InChI is InChI=1S/C17H25FN2O5S/c1-5-20(6-2)26(23,24)13-7-8-15(18)14(9-13)17(22)25-11-16(21)19-10-12(3)4/h7-9,12H,5-6,10-11H2,1-4H3,(H,19,21). The van der Waals surface area contributed by atoms with E-state index in [0.717, 1.165) is 18.2 Å². The number of hydrogen-bond donors (Lipinski definition) is 1. The molecule has 1 aromatic carbocycles. The maximum Gasteiger partial charge on any atom is 0.341 e. The highest BCUT2D eigenvalue weighted by atomic mass is 32.2. The van der Waals surface area contributed by atoms with E-state index in [1.807, 2.05) is 13.8 Å². The van der Waals surface area contributed by atoms with Crippen molar-refractivity contribution >= 4 is 21.9 Å². The molecule has 1 rings (SSSR count). The van der Waals surface area contributed by atoms with E-state index >= 15 is 0 Å². The molecule has 0 aliphatic rings. The molecule has 1 N–H and O–H groups in total. The molecule has 0 fully saturated rings. The smallest absolute Gasteiger partial charge is 0.341 e. The van der Waals surface area contributed by atoms with E-state index in [0.29, 0.717) is 6.54 Å². The summed E-state index contributed by atoms with van der Waals surface area (Å²) in [5.74, 6) is -2.30. The number of nitrogens with one attached hydrogen (secondary N) is 1. The summed E-state index contributed by atoms with van der Waals surface area (Å²) in [6, 6.07) is 2.91. The lowest BCUT2D eigenvalue weighted by molar-refractivity contribution is -0.124. The summed E-state index contributed by atoms with van der Waals surface area (Å²) in [5.41, 5.74) is -0.533. The van der Waals surface area contributed by atoms with E-state index in [4.69, 9.17) is 4.74 Å². The Labute approximate surface area is 153 Å². The van der Waals surface area contributed by atoms with E-state index in [9.17, 15) is 22.4 Å². The quantitative estimate of drug-likeness (QED) is 0.651. The Kier molecular flexibility index (Phi) is 8.16. The molecular formula is C17H25FN2O5S. The van der Waals surface area contributed by atoms with E-state index in [1.54, 1.807) is 13.8 Å². The van der Waals surface area contributed by atoms with Crippen LogP contribution < -0.4 is 5.32 Å². The van der Waals surface area contributed by atoms with E-state index in [1.165, 1.54) is 4.31 Å². The van der Waals surface area contributed by atoms with Crippen LogP contribution in [0.3, 0.4) is 0 Å². The van der Waals surface area contributed by atoms with Gasteiger partial charge in [-0.15, -0.1) is 0 Å². The van der Waals surface area contributed by atoms with Crippen molar-refractivity contribution in [2.24, 2.45) is 5.92 Å². The van der Waals surface area contributed by atoms with Gasteiger partial charge in [-0.2, -0.15) is 4.31 Å². The second kappa shape index (κ2) is 9.63. The minimum Gasteiger partial charge on any atom is -0.452 e. The van der Waals surface area contributed by atoms with Gasteiger partial charge in [-0.1, -0.05) is 27.7 Å². The molecule has 0 spiro atoms. The van der Waals surface area contributed by atoms with Crippen molar-refractivity contribution in [2.45, 2.75) is 32.6 Å². The van der Waals surface area contributed by atoms with Crippen molar-refractivity contribution in [3.63, 3.8) is 0 Å². The maximum absolute atomic E-state index is 13.9. The molecule has 7 nitrogen and oxygen atoms in total. The maximum atomic E-state index is 13.9. The van der Waals surface area contributed by atoms with E-state index in [2.05, 4.69) is 5.32 Å². The second-order valence-corrected chi connectivity index (χ2v) is 7.94. The number of carbonyl (C=O) groups is 2. The minimum atomic E-state index is -3.84. The summed E-state index contributed by atoms with van der Waals surface area (Å²) in [7, 11) is -3.84. The van der Waals surface area contributed by atoms with E-state index < -0.39 is 39.9 Å². The largest absolute Gasteiger partial charge is 0.452 e. The number of benzene rings is 1. The monoisotopic (exact) mass is 388 g/mol. The number of carbonyl (C=O) groups excluding carboxylic acids is 2. The van der Waals surface area contributed by atoms with Crippen LogP contribution in [0, 0.1) is 11.7 Å². The Hall–Kier alpha value is -2.00. The first kappa shape index (κ1) is 22.0. The molecule has 146 valence electrons. The summed E-state index contributed by atoms with van der Waals surface area (Å²) < 4.78 is 44.9. The summed E-state index contributed by atoms with van der Waals surface area (Å²) in [6.45, 7) is 7.50. The topological polar surface area (TPSA) is 92.8 Å². The Morgan fingerprint density at radius 2 is 1.85 bits per heavy atom. The lowest BCUT2D eigenvalue weighted by Crippen LogP contribution is -2.32. The third-order valence-corrected chi connectivity index (χ3v) is 5.59. The molecule has 0 aliphatic heterocycles. The highest BCUT2D eigenvalue weighted by Gasteiger charge is 2.25. The normalized spacial score (nSPS) is 11.7. The molecule has 0 radical (unpaired) electrons. The van der Waals surface area contributed by atoms with Gasteiger partial charge in [0.2, 0.25) is 10.0 Å². The molecular weight excluding hydrogens is 363 g/mol. The van der Waals surface area contributed by atoms with Gasteiger partial charge in [-0.05, 0) is 24.1 Å². The fourth-order valence-electron chi connectivity index (χ4n) is 2.11. The predicted octanol–water partition coefficient (Wildman–Crippen LogP) is 1.79. The average molecular weight is 388 g/mol. The van der Waals surface area contributed by atoms with Gasteiger partial charge in [0.1, 0.15) is 5.82 Å². The molecule has 0 atom stereocenters. The van der Waals surface area contributed by atoms with Gasteiger partial charge in [-0.25, -0.2) is 17.6 Å². The molecule has 0 bridgehead atoms. The predicted molar refractivity (Wildman–Crippen MR) is 94.6 cm³/mol. The first-order valence-corrected chi connectivity index (χ1v) is 9.80. The second-order valence-electron chi connectivity index (χ2n) is 6.01. The number of sulfonamides is 1. The SMILES string of the molecule is CCN(CC)S(=O)(=O)c1ccc(F)c(C(=O)OCC(=O)NCC(C)C)c1. The zero-order valence-electron chi connectivity index (χ0n) is 15.4. The fourth-order valence-corrected chi connectivity index (χ4v) is 3.60. The van der Waals surface area contributed by atoms with Crippen molar-refractivity contribution in [3.05, 3.63) is 29.6 Å². The molecule has 1 amide bonds. The summed E-state index contributed by atoms with van der Waals surface area (Å²) in [5, 5.41) is 2.56. The lowest BCUT2D eigenvalue weighted by atomic mass is 10.2. The van der Waals surface area contributed by atoms with Gasteiger partial charge in [0.05, 0.1) is 10.5 Å². The third-order valence-electron chi connectivity index (χ3n) is 3.54. The molecule has 0 aliphatic carbocycles. The van der Waals surface area contributed by atoms with Crippen molar-refractivity contribution in [3.8, 4) is 0 Å². The van der Waals surface area contributed by atoms with Gasteiger partial charge in [0.25, 0.3) is 5.91 Å². The first-order valence-electron chi connectivity index (χ1n) is 8.36. The molecule has 0 heterocycles. The van der Waals surface area contributed by atoms with Crippen LogP contribution in [0.25, 0.3) is 0 Å². The minimum absolute atomic E-state index is 0.209. The van der Waals surface area contributed by atoms with Crippen LogP contribution in [0.2, 0.25) is 0 Å².